The third-order valence-corrected chi connectivity index (χ3v) is 6.79. The van der Waals surface area contributed by atoms with Crippen molar-refractivity contribution in [1.29, 1.82) is 0 Å². The molecule has 1 atom stereocenters. The molecule has 0 saturated heterocycles. The first kappa shape index (κ1) is 32.4. The van der Waals surface area contributed by atoms with Gasteiger partial charge in [0.1, 0.15) is 5.82 Å². The van der Waals surface area contributed by atoms with Gasteiger partial charge in [-0.25, -0.2) is 14.5 Å². The summed E-state index contributed by atoms with van der Waals surface area (Å²) < 4.78 is 39.5. The average molecular weight is 591 g/mol. The number of carbonyl (C=O) groups is 2. The molecular formula is C30H37F3N4O5. The van der Waals surface area contributed by atoms with Crippen LogP contribution in [-0.2, 0) is 41.3 Å². The molecule has 2 aromatic heterocycles. The van der Waals surface area contributed by atoms with E-state index >= 15 is 0 Å². The fraction of sp³-hybridized carbons (Fsp3) is 0.467. The van der Waals surface area contributed by atoms with E-state index in [2.05, 4.69) is 55.5 Å². The number of aromatic nitrogens is 3. The van der Waals surface area contributed by atoms with E-state index in [0.717, 1.165) is 42.2 Å². The second-order valence-corrected chi connectivity index (χ2v) is 11.2. The van der Waals surface area contributed by atoms with Crippen LogP contribution < -0.4 is 10.1 Å². The maximum Gasteiger partial charge on any atom is 0.490 e. The molecule has 3 heterocycles. The fourth-order valence-corrected chi connectivity index (χ4v) is 4.54. The molecule has 1 aliphatic rings. The summed E-state index contributed by atoms with van der Waals surface area (Å²) in [5.74, 6) is -2.06. The van der Waals surface area contributed by atoms with Gasteiger partial charge in [0.25, 0.3) is 0 Å². The highest BCUT2D eigenvalue weighted by molar-refractivity contribution is 5.73. The Kier molecular flexibility index (Phi) is 10.6. The summed E-state index contributed by atoms with van der Waals surface area (Å²) in [6, 6.07) is 14.4. The van der Waals surface area contributed by atoms with Crippen molar-refractivity contribution < 1.29 is 37.7 Å². The number of alkyl halides is 3. The number of benzene rings is 1. The summed E-state index contributed by atoms with van der Waals surface area (Å²) >= 11 is 0. The van der Waals surface area contributed by atoms with Gasteiger partial charge in [-0.3, -0.25) is 4.79 Å². The Morgan fingerprint density at radius 1 is 1.10 bits per heavy atom. The van der Waals surface area contributed by atoms with Crippen LogP contribution in [0.25, 0.3) is 0 Å². The van der Waals surface area contributed by atoms with Gasteiger partial charge in [0, 0.05) is 31.8 Å². The Morgan fingerprint density at radius 3 is 2.45 bits per heavy atom. The Bertz CT molecular complexity index is 1380. The number of ether oxygens (including phenoxy) is 1. The number of fused-ring (bicyclic) bond motifs is 1. The van der Waals surface area contributed by atoms with E-state index in [1.807, 2.05) is 25.2 Å². The van der Waals surface area contributed by atoms with E-state index in [1.54, 1.807) is 4.68 Å². The highest BCUT2D eigenvalue weighted by atomic mass is 19.4. The van der Waals surface area contributed by atoms with Gasteiger partial charge in [0.05, 0.1) is 18.7 Å². The second kappa shape index (κ2) is 13.7. The molecule has 0 saturated carbocycles. The molecule has 0 spiro atoms. The predicted molar refractivity (Wildman–Crippen MR) is 151 cm³/mol. The van der Waals surface area contributed by atoms with Crippen molar-refractivity contribution in [3.63, 3.8) is 0 Å². The fourth-order valence-electron chi connectivity index (χ4n) is 4.54. The van der Waals surface area contributed by atoms with Crippen LogP contribution in [0.15, 0.2) is 42.5 Å². The lowest BCUT2D eigenvalue weighted by Gasteiger charge is -2.22. The van der Waals surface area contributed by atoms with Crippen LogP contribution in [-0.4, -0.2) is 56.2 Å². The van der Waals surface area contributed by atoms with E-state index in [1.165, 1.54) is 11.1 Å². The molecule has 0 radical (unpaired) electrons. The molecule has 1 unspecified atom stereocenters. The number of anilines is 1. The average Bonchev–Trinajstić information content (AvgIpc) is 3.26. The third-order valence-electron chi connectivity index (χ3n) is 6.79. The quantitative estimate of drug-likeness (QED) is 0.297. The van der Waals surface area contributed by atoms with Gasteiger partial charge in [-0.15, -0.1) is 0 Å². The van der Waals surface area contributed by atoms with Crippen LogP contribution in [0.2, 0.25) is 0 Å². The van der Waals surface area contributed by atoms with E-state index in [9.17, 15) is 23.1 Å². The molecule has 4 rings (SSSR count). The second-order valence-electron chi connectivity index (χ2n) is 11.2. The van der Waals surface area contributed by atoms with Crippen molar-refractivity contribution in [3.05, 3.63) is 70.5 Å². The Labute approximate surface area is 242 Å². The van der Waals surface area contributed by atoms with Crippen LogP contribution in [0.1, 0.15) is 67.6 Å². The molecule has 42 heavy (non-hydrogen) atoms. The maximum absolute atomic E-state index is 11.6. The monoisotopic (exact) mass is 590 g/mol. The minimum absolute atomic E-state index is 0.00123. The molecule has 0 amide bonds. The van der Waals surface area contributed by atoms with Gasteiger partial charge in [-0.2, -0.15) is 18.3 Å². The number of rotatable bonds is 9. The van der Waals surface area contributed by atoms with E-state index in [0.29, 0.717) is 25.3 Å². The van der Waals surface area contributed by atoms with Crippen LogP contribution in [0, 0.1) is 0 Å². The molecule has 1 aromatic carbocycles. The number of nitrogens with zero attached hydrogens (tertiary/aromatic N) is 3. The molecular weight excluding hydrogens is 553 g/mol. The molecule has 1 aliphatic heterocycles. The van der Waals surface area contributed by atoms with Crippen molar-refractivity contribution in [3.8, 4) is 5.88 Å². The predicted octanol–water partition coefficient (Wildman–Crippen LogP) is 5.53. The first-order valence-electron chi connectivity index (χ1n) is 13.6. The number of aliphatic carboxylic acids is 2. The number of carboxylic acid groups (broad SMARTS) is 2. The summed E-state index contributed by atoms with van der Waals surface area (Å²) in [7, 11) is 1.85. The number of carboxylic acids is 2. The maximum atomic E-state index is 11.6. The Morgan fingerprint density at radius 2 is 1.81 bits per heavy atom. The molecule has 12 heteroatoms. The number of hydrogen-bond acceptors (Lipinski definition) is 6. The van der Waals surface area contributed by atoms with Crippen LogP contribution in [0.4, 0.5) is 19.0 Å². The lowest BCUT2D eigenvalue weighted by molar-refractivity contribution is -0.192. The highest BCUT2D eigenvalue weighted by Gasteiger charge is 2.38. The van der Waals surface area contributed by atoms with E-state index < -0.39 is 18.1 Å². The highest BCUT2D eigenvalue weighted by Crippen LogP contribution is 2.30. The van der Waals surface area contributed by atoms with Crippen molar-refractivity contribution in [2.45, 2.75) is 70.4 Å². The summed E-state index contributed by atoms with van der Waals surface area (Å²) in [6.07, 6.45) is -1.56. The molecule has 3 N–H and O–H groups in total. The normalized spacial score (nSPS) is 13.7. The van der Waals surface area contributed by atoms with Gasteiger partial charge >= 0.3 is 18.1 Å². The van der Waals surface area contributed by atoms with E-state index in [-0.39, 0.29) is 17.8 Å². The van der Waals surface area contributed by atoms with Crippen molar-refractivity contribution in [1.82, 2.24) is 14.8 Å². The minimum atomic E-state index is -5.08. The number of halogens is 3. The van der Waals surface area contributed by atoms with Crippen molar-refractivity contribution in [2.24, 2.45) is 7.05 Å². The van der Waals surface area contributed by atoms with Crippen molar-refractivity contribution >= 4 is 17.8 Å². The number of hydrogen-bond donors (Lipinski definition) is 3. The molecule has 3 aromatic rings. The van der Waals surface area contributed by atoms with Crippen LogP contribution in [0.5, 0.6) is 5.88 Å². The van der Waals surface area contributed by atoms with Crippen LogP contribution >= 0.6 is 0 Å². The molecule has 9 nitrogen and oxygen atoms in total. The number of nitrogens with one attached hydrogen (secondary N) is 1. The SMILES string of the molecule is Cn1nc(CC(CC(=O)O)c2cccc(C(C)(C)C)c2)cc1OCCc1ccc2c(n1)NCCC2.O=C(O)C(F)(F)F. The summed E-state index contributed by atoms with van der Waals surface area (Å²) in [6.45, 7) is 7.96. The van der Waals surface area contributed by atoms with Crippen LogP contribution in [0.3, 0.4) is 0 Å². The van der Waals surface area contributed by atoms with Gasteiger partial charge in [-0.1, -0.05) is 51.1 Å². The molecule has 228 valence electrons. The first-order chi connectivity index (χ1) is 19.6. The molecule has 0 fully saturated rings. The minimum Gasteiger partial charge on any atom is -0.481 e. The zero-order valence-corrected chi connectivity index (χ0v) is 24.2. The summed E-state index contributed by atoms with van der Waals surface area (Å²) in [5.41, 5.74) is 5.33. The van der Waals surface area contributed by atoms with Gasteiger partial charge in [0.15, 0.2) is 0 Å². The summed E-state index contributed by atoms with van der Waals surface area (Å²) in [5, 5.41) is 24.7. The Balaban J connectivity index is 0.000000616. The first-order valence-corrected chi connectivity index (χ1v) is 13.6. The van der Waals surface area contributed by atoms with E-state index in [4.69, 9.17) is 19.6 Å². The zero-order valence-electron chi connectivity index (χ0n) is 24.2. The largest absolute Gasteiger partial charge is 0.490 e. The van der Waals surface area contributed by atoms with Gasteiger partial charge < -0.3 is 20.3 Å². The number of pyridine rings is 1. The Hall–Kier alpha value is -4.09. The third kappa shape index (κ3) is 9.49. The van der Waals surface area contributed by atoms with Gasteiger partial charge in [0.2, 0.25) is 5.88 Å². The molecule has 0 bridgehead atoms. The summed E-state index contributed by atoms with van der Waals surface area (Å²) in [4.78, 5) is 25.3. The lowest BCUT2D eigenvalue weighted by Crippen LogP contribution is -2.21. The standard InChI is InChI=1S/C28H36N4O3.C2HF3O2/c1-28(2,3)22-9-5-7-20(15-22)21(17-26(33)34)16-24-18-25(32(4)31-24)35-14-12-23-11-10-19-8-6-13-29-27(19)30-23;3-2(4,5)1(6)7/h5,7,9-11,15,18,21H,6,8,12-14,16-17H2,1-4H3,(H,29,30)(H,33,34);(H,6,7). The van der Waals surface area contributed by atoms with Crippen molar-refractivity contribution in [2.75, 3.05) is 18.5 Å². The number of aryl methyl sites for hydroxylation is 2. The lowest BCUT2D eigenvalue weighted by atomic mass is 9.83. The smallest absolute Gasteiger partial charge is 0.481 e. The zero-order chi connectivity index (χ0) is 31.1. The topological polar surface area (TPSA) is 127 Å². The van der Waals surface area contributed by atoms with Gasteiger partial charge in [-0.05, 0) is 53.4 Å². The molecule has 0 aliphatic carbocycles.